The number of hydrogen-bond donors (Lipinski definition) is 4. The molecule has 0 bridgehead atoms. The number of rotatable bonds is 6. The maximum Gasteiger partial charge on any atom is 0.246 e. The van der Waals surface area contributed by atoms with Gasteiger partial charge in [-0.2, -0.15) is 10.1 Å². The molecule has 2 aliphatic heterocycles. The number of amides is 2. The van der Waals surface area contributed by atoms with Gasteiger partial charge in [0.2, 0.25) is 17.8 Å². The van der Waals surface area contributed by atoms with Crippen molar-refractivity contribution >= 4 is 46.7 Å². The largest absolute Gasteiger partial charge is 0.354 e. The number of β-lactam (4-membered cyclic amide) rings is 1. The Balaban J connectivity index is 1.30. The van der Waals surface area contributed by atoms with E-state index in [4.69, 9.17) is 17.4 Å². The van der Waals surface area contributed by atoms with Crippen molar-refractivity contribution < 1.29 is 14.0 Å². The van der Waals surface area contributed by atoms with E-state index in [-0.39, 0.29) is 40.2 Å². The van der Waals surface area contributed by atoms with Crippen LogP contribution >= 0.6 is 11.6 Å². The molecule has 0 aliphatic carbocycles. The highest BCUT2D eigenvalue weighted by Crippen LogP contribution is 2.35. The SMILES string of the molecule is Cc1cc(Nc2nc(N(N)c3cc(C)c(C4CCN(C(=O)C5CNC5=O)CC4)cc3F)ncc2Cl)n[nH]1. The van der Waals surface area contributed by atoms with Gasteiger partial charge in [0.1, 0.15) is 16.8 Å². The predicted molar refractivity (Wildman–Crippen MR) is 136 cm³/mol. The maximum atomic E-state index is 15.3. The van der Waals surface area contributed by atoms with Gasteiger partial charge in [0, 0.05) is 31.4 Å². The van der Waals surface area contributed by atoms with E-state index in [1.165, 1.54) is 12.3 Å². The number of piperidine rings is 1. The molecule has 2 amide bonds. The van der Waals surface area contributed by atoms with Gasteiger partial charge in [-0.15, -0.1) is 0 Å². The van der Waals surface area contributed by atoms with Crippen LogP contribution in [0.3, 0.4) is 0 Å². The predicted octanol–water partition coefficient (Wildman–Crippen LogP) is 2.82. The summed E-state index contributed by atoms with van der Waals surface area (Å²) < 4.78 is 15.3. The number of nitrogens with zero attached hydrogens (tertiary/aromatic N) is 5. The summed E-state index contributed by atoms with van der Waals surface area (Å²) in [7, 11) is 0. The third kappa shape index (κ3) is 4.94. The standard InChI is InChI=1S/C24H27ClFN9O2/c1-12-7-19(35(27)24-29-11-17(25)21(31-24)30-20-8-13(2)32-33-20)18(26)9-15(12)14-3-5-34(6-4-14)23(37)16-10-28-22(16)36/h7-9,11,14,16H,3-6,10,27H2,1-2H3,(H,28,36)(H2,29,30,31,32,33). The van der Waals surface area contributed by atoms with Gasteiger partial charge < -0.3 is 15.5 Å². The number of anilines is 4. The summed E-state index contributed by atoms with van der Waals surface area (Å²) in [6.45, 7) is 5.22. The second kappa shape index (κ2) is 9.94. The number of carbonyl (C=O) groups excluding carboxylic acids is 2. The molecular formula is C24H27ClFN9O2. The summed E-state index contributed by atoms with van der Waals surface area (Å²) in [5, 5.41) is 13.9. The summed E-state index contributed by atoms with van der Waals surface area (Å²) in [4.78, 5) is 34.3. The first-order valence-corrected chi connectivity index (χ1v) is 12.3. The fourth-order valence-corrected chi connectivity index (χ4v) is 4.84. The van der Waals surface area contributed by atoms with Crippen molar-refractivity contribution in [3.05, 3.63) is 52.1 Å². The lowest BCUT2D eigenvalue weighted by Gasteiger charge is -2.36. The number of nitrogens with two attached hydrogens (primary N) is 1. The Kier molecular flexibility index (Phi) is 6.69. The molecule has 3 aromatic rings. The summed E-state index contributed by atoms with van der Waals surface area (Å²) in [6, 6.07) is 4.95. The van der Waals surface area contributed by atoms with Crippen LogP contribution in [0.5, 0.6) is 0 Å². The van der Waals surface area contributed by atoms with Crippen molar-refractivity contribution in [2.45, 2.75) is 32.6 Å². The molecule has 0 radical (unpaired) electrons. The lowest BCUT2D eigenvalue weighted by atomic mass is 9.86. The molecule has 2 saturated heterocycles. The highest BCUT2D eigenvalue weighted by atomic mass is 35.5. The molecule has 11 nitrogen and oxygen atoms in total. The Labute approximate surface area is 217 Å². The number of aromatic nitrogens is 4. The maximum absolute atomic E-state index is 15.3. The number of nitrogens with one attached hydrogen (secondary N) is 3. The van der Waals surface area contributed by atoms with Gasteiger partial charge in [0.15, 0.2) is 11.6 Å². The molecule has 2 aliphatic rings. The number of halogens is 2. The molecule has 194 valence electrons. The fraction of sp³-hybridized carbons (Fsp3) is 0.375. The molecule has 0 saturated carbocycles. The number of hydrogen-bond acceptors (Lipinski definition) is 8. The number of hydrazine groups is 1. The van der Waals surface area contributed by atoms with Crippen molar-refractivity contribution in [3.63, 3.8) is 0 Å². The zero-order chi connectivity index (χ0) is 26.3. The van der Waals surface area contributed by atoms with Gasteiger partial charge in [0.25, 0.3) is 0 Å². The first-order chi connectivity index (χ1) is 17.7. The van der Waals surface area contributed by atoms with E-state index < -0.39 is 11.7 Å². The zero-order valence-electron chi connectivity index (χ0n) is 20.4. The van der Waals surface area contributed by atoms with E-state index in [0.29, 0.717) is 38.3 Å². The second-order valence-electron chi connectivity index (χ2n) is 9.36. The molecule has 4 heterocycles. The Morgan fingerprint density at radius 2 is 2.03 bits per heavy atom. The monoisotopic (exact) mass is 527 g/mol. The zero-order valence-corrected chi connectivity index (χ0v) is 21.1. The molecule has 0 spiro atoms. The van der Waals surface area contributed by atoms with Crippen LogP contribution in [-0.2, 0) is 9.59 Å². The van der Waals surface area contributed by atoms with E-state index in [1.54, 1.807) is 17.0 Å². The normalized spacial score (nSPS) is 17.8. The number of carbonyl (C=O) groups is 2. The van der Waals surface area contributed by atoms with Crippen LogP contribution in [0.4, 0.5) is 27.7 Å². The number of likely N-dealkylation sites (tertiary alicyclic amines) is 1. The van der Waals surface area contributed by atoms with E-state index in [2.05, 4.69) is 30.8 Å². The molecule has 1 atom stereocenters. The minimum atomic E-state index is -0.570. The van der Waals surface area contributed by atoms with Crippen LogP contribution in [0.15, 0.2) is 24.4 Å². The van der Waals surface area contributed by atoms with Crippen molar-refractivity contribution in [1.82, 2.24) is 30.4 Å². The van der Waals surface area contributed by atoms with Gasteiger partial charge in [-0.1, -0.05) is 11.6 Å². The quantitative estimate of drug-likeness (QED) is 0.166. The average molecular weight is 528 g/mol. The Morgan fingerprint density at radius 3 is 2.65 bits per heavy atom. The van der Waals surface area contributed by atoms with Crippen molar-refractivity contribution in [2.24, 2.45) is 11.8 Å². The Hall–Kier alpha value is -3.77. The first-order valence-electron chi connectivity index (χ1n) is 11.9. The van der Waals surface area contributed by atoms with Crippen molar-refractivity contribution in [3.8, 4) is 0 Å². The highest BCUT2D eigenvalue weighted by molar-refractivity contribution is 6.32. The summed E-state index contributed by atoms with van der Waals surface area (Å²) in [5.41, 5.74) is 2.72. The van der Waals surface area contributed by atoms with Crippen LogP contribution in [0.2, 0.25) is 5.02 Å². The van der Waals surface area contributed by atoms with Crippen LogP contribution in [0.25, 0.3) is 0 Å². The highest BCUT2D eigenvalue weighted by Gasteiger charge is 2.38. The molecule has 1 aromatic carbocycles. The first kappa shape index (κ1) is 24.9. The van der Waals surface area contributed by atoms with Crippen LogP contribution in [0.1, 0.15) is 35.6 Å². The molecule has 5 N–H and O–H groups in total. The summed E-state index contributed by atoms with van der Waals surface area (Å²) >= 11 is 6.23. The van der Waals surface area contributed by atoms with Gasteiger partial charge in [-0.05, 0) is 55.9 Å². The minimum Gasteiger partial charge on any atom is -0.354 e. The summed E-state index contributed by atoms with van der Waals surface area (Å²) in [6.07, 6.45) is 2.76. The van der Waals surface area contributed by atoms with E-state index in [1.807, 2.05) is 13.8 Å². The lowest BCUT2D eigenvalue weighted by molar-refractivity contribution is -0.147. The lowest BCUT2D eigenvalue weighted by Crippen LogP contribution is -2.57. The van der Waals surface area contributed by atoms with E-state index >= 15 is 4.39 Å². The third-order valence-corrected chi connectivity index (χ3v) is 7.11. The summed E-state index contributed by atoms with van der Waals surface area (Å²) in [5.74, 6) is 5.76. The second-order valence-corrected chi connectivity index (χ2v) is 9.76. The van der Waals surface area contributed by atoms with Crippen molar-refractivity contribution in [1.29, 1.82) is 0 Å². The van der Waals surface area contributed by atoms with Crippen LogP contribution in [0, 0.1) is 25.6 Å². The molecular weight excluding hydrogens is 501 g/mol. The van der Waals surface area contributed by atoms with Crippen LogP contribution < -0.4 is 21.5 Å². The molecule has 1 unspecified atom stereocenters. The Bertz CT molecular complexity index is 1360. The smallest absolute Gasteiger partial charge is 0.246 e. The van der Waals surface area contributed by atoms with Gasteiger partial charge in [-0.3, -0.25) is 14.7 Å². The number of aryl methyl sites for hydroxylation is 2. The number of H-pyrrole nitrogens is 1. The molecule has 37 heavy (non-hydrogen) atoms. The molecule has 2 fully saturated rings. The minimum absolute atomic E-state index is 0.0528. The van der Waals surface area contributed by atoms with Gasteiger partial charge in [0.05, 0.1) is 11.9 Å². The molecule has 5 rings (SSSR count). The number of aromatic amines is 1. The fourth-order valence-electron chi connectivity index (χ4n) is 4.70. The van der Waals surface area contributed by atoms with Crippen molar-refractivity contribution in [2.75, 3.05) is 30.0 Å². The van der Waals surface area contributed by atoms with E-state index in [0.717, 1.165) is 21.8 Å². The molecule has 2 aromatic heterocycles. The van der Waals surface area contributed by atoms with E-state index in [9.17, 15) is 9.59 Å². The third-order valence-electron chi connectivity index (χ3n) is 6.84. The van der Waals surface area contributed by atoms with Gasteiger partial charge >= 0.3 is 0 Å². The van der Waals surface area contributed by atoms with Gasteiger partial charge in [-0.25, -0.2) is 20.2 Å². The Morgan fingerprint density at radius 1 is 1.27 bits per heavy atom. The molecule has 13 heteroatoms. The average Bonchev–Trinajstić information content (AvgIpc) is 3.29. The number of benzene rings is 1. The van der Waals surface area contributed by atoms with Crippen LogP contribution in [-0.4, -0.2) is 56.5 Å². The topological polar surface area (TPSA) is 145 Å².